The minimum atomic E-state index is -3.59. The number of hydrogen-bond acceptors (Lipinski definition) is 3. The molecule has 5 nitrogen and oxygen atoms in total. The van der Waals surface area contributed by atoms with E-state index in [-0.39, 0.29) is 4.90 Å². The van der Waals surface area contributed by atoms with Crippen LogP contribution in [-0.2, 0) is 17.1 Å². The number of aryl methyl sites for hydroxylation is 1. The van der Waals surface area contributed by atoms with Gasteiger partial charge in [0.1, 0.15) is 4.90 Å². The molecule has 2 rings (SSSR count). The average molecular weight is 442 g/mol. The van der Waals surface area contributed by atoms with Crippen LogP contribution in [0.2, 0.25) is 0 Å². The fourth-order valence-electron chi connectivity index (χ4n) is 1.31. The molecule has 96 valence electrons. The van der Waals surface area contributed by atoms with Crippen LogP contribution in [0.15, 0.2) is 40.0 Å². The second kappa shape index (κ2) is 5.17. The van der Waals surface area contributed by atoms with Gasteiger partial charge in [-0.25, -0.2) is 8.42 Å². The van der Waals surface area contributed by atoms with E-state index in [1.165, 1.54) is 17.1 Å². The molecule has 0 saturated carbocycles. The van der Waals surface area contributed by atoms with Crippen molar-refractivity contribution in [3.63, 3.8) is 0 Å². The molecule has 8 heteroatoms. The van der Waals surface area contributed by atoms with Gasteiger partial charge in [-0.1, -0.05) is 0 Å². The first kappa shape index (κ1) is 13.8. The van der Waals surface area contributed by atoms with Gasteiger partial charge >= 0.3 is 0 Å². The normalized spacial score (nSPS) is 11.5. The molecule has 0 atom stereocenters. The molecule has 1 N–H and O–H groups in total. The fourth-order valence-corrected chi connectivity index (χ4v) is 3.90. The lowest BCUT2D eigenvalue weighted by Gasteiger charge is -2.08. The van der Waals surface area contributed by atoms with E-state index in [9.17, 15) is 8.42 Å². The van der Waals surface area contributed by atoms with Gasteiger partial charge in [0.15, 0.2) is 0 Å². The SMILES string of the molecule is Cn1cc(S(=O)(=O)Nc2ccc(I)cc2Br)cn1. The standard InChI is InChI=1S/C10H9BrIN3O2S/c1-15-6-8(5-13-15)18(16,17)14-10-3-2-7(12)4-9(10)11/h2-6,14H,1H3. The summed E-state index contributed by atoms with van der Waals surface area (Å²) in [6, 6.07) is 5.37. The van der Waals surface area contributed by atoms with Crippen LogP contribution in [-0.4, -0.2) is 18.2 Å². The average Bonchev–Trinajstić information content (AvgIpc) is 2.70. The largest absolute Gasteiger partial charge is 0.278 e. The summed E-state index contributed by atoms with van der Waals surface area (Å²) < 4.78 is 29.8. The van der Waals surface area contributed by atoms with Crippen LogP contribution < -0.4 is 4.72 Å². The second-order valence-corrected chi connectivity index (χ2v) is 7.36. The maximum absolute atomic E-state index is 12.1. The van der Waals surface area contributed by atoms with Crippen molar-refractivity contribution in [1.29, 1.82) is 0 Å². The molecule has 0 radical (unpaired) electrons. The summed E-state index contributed by atoms with van der Waals surface area (Å²) in [4.78, 5) is 0.135. The summed E-state index contributed by atoms with van der Waals surface area (Å²) in [6.45, 7) is 0. The Labute approximate surface area is 127 Å². The number of aromatic nitrogens is 2. The van der Waals surface area contributed by atoms with Gasteiger partial charge in [-0.3, -0.25) is 9.40 Å². The fraction of sp³-hybridized carbons (Fsp3) is 0.100. The highest BCUT2D eigenvalue weighted by Crippen LogP contribution is 2.26. The zero-order valence-electron chi connectivity index (χ0n) is 9.26. The Morgan fingerprint density at radius 3 is 2.72 bits per heavy atom. The van der Waals surface area contributed by atoms with Gasteiger partial charge < -0.3 is 0 Å². The van der Waals surface area contributed by atoms with Gasteiger partial charge in [-0.2, -0.15) is 5.10 Å². The molecule has 0 bridgehead atoms. The smallest absolute Gasteiger partial charge is 0.265 e. The van der Waals surface area contributed by atoms with Crippen molar-refractivity contribution in [2.45, 2.75) is 4.90 Å². The summed E-state index contributed by atoms with van der Waals surface area (Å²) in [5.41, 5.74) is 0.499. The molecular weight excluding hydrogens is 433 g/mol. The van der Waals surface area contributed by atoms with Crippen molar-refractivity contribution in [2.24, 2.45) is 7.05 Å². The molecule has 0 unspecified atom stereocenters. The zero-order valence-corrected chi connectivity index (χ0v) is 13.8. The molecule has 0 aliphatic rings. The maximum Gasteiger partial charge on any atom is 0.265 e. The summed E-state index contributed by atoms with van der Waals surface area (Å²) in [5, 5.41) is 3.85. The van der Waals surface area contributed by atoms with E-state index >= 15 is 0 Å². The van der Waals surface area contributed by atoms with Crippen LogP contribution >= 0.6 is 38.5 Å². The van der Waals surface area contributed by atoms with Crippen LogP contribution in [0.3, 0.4) is 0 Å². The topological polar surface area (TPSA) is 64.0 Å². The third-order valence-corrected chi connectivity index (χ3v) is 4.81. The first-order valence-corrected chi connectivity index (χ1v) is 8.20. The van der Waals surface area contributed by atoms with Gasteiger partial charge in [-0.05, 0) is 56.7 Å². The lowest BCUT2D eigenvalue weighted by Crippen LogP contribution is -2.12. The van der Waals surface area contributed by atoms with E-state index in [1.54, 1.807) is 13.1 Å². The highest BCUT2D eigenvalue weighted by atomic mass is 127. The third kappa shape index (κ3) is 3.04. The molecule has 1 aromatic heterocycles. The van der Waals surface area contributed by atoms with Crippen LogP contribution in [0.25, 0.3) is 0 Å². The van der Waals surface area contributed by atoms with Crippen molar-refractivity contribution >= 4 is 54.2 Å². The zero-order chi connectivity index (χ0) is 13.3. The molecule has 18 heavy (non-hydrogen) atoms. The molecule has 0 spiro atoms. The number of rotatable bonds is 3. The molecule has 0 fully saturated rings. The quantitative estimate of drug-likeness (QED) is 0.744. The number of sulfonamides is 1. The van der Waals surface area contributed by atoms with E-state index in [2.05, 4.69) is 48.3 Å². The van der Waals surface area contributed by atoms with Crippen molar-refractivity contribution < 1.29 is 8.42 Å². The molecule has 0 saturated heterocycles. The molecular formula is C10H9BrIN3O2S. The molecule has 1 heterocycles. The number of nitrogens with zero attached hydrogens (tertiary/aromatic N) is 2. The molecule has 0 aliphatic heterocycles. The number of hydrogen-bond donors (Lipinski definition) is 1. The Kier molecular flexibility index (Phi) is 3.97. The minimum absolute atomic E-state index is 0.135. The Balaban J connectivity index is 2.33. The van der Waals surface area contributed by atoms with Crippen LogP contribution in [0.1, 0.15) is 0 Å². The summed E-state index contributed by atoms with van der Waals surface area (Å²) in [7, 11) is -1.93. The Morgan fingerprint density at radius 2 is 2.17 bits per heavy atom. The molecule has 0 aliphatic carbocycles. The van der Waals surface area contributed by atoms with E-state index in [1.807, 2.05) is 12.1 Å². The Morgan fingerprint density at radius 1 is 1.44 bits per heavy atom. The lowest BCUT2D eigenvalue weighted by molar-refractivity contribution is 0.601. The third-order valence-electron chi connectivity index (χ3n) is 2.17. The number of halogens is 2. The summed E-state index contributed by atoms with van der Waals surface area (Å²) in [5.74, 6) is 0. The van der Waals surface area contributed by atoms with Crippen LogP contribution in [0, 0.1) is 3.57 Å². The van der Waals surface area contributed by atoms with Crippen LogP contribution in [0.5, 0.6) is 0 Å². The molecule has 2 aromatic rings. The van der Waals surface area contributed by atoms with E-state index < -0.39 is 10.0 Å². The highest BCUT2D eigenvalue weighted by molar-refractivity contribution is 14.1. The van der Waals surface area contributed by atoms with E-state index in [0.717, 1.165) is 3.57 Å². The summed E-state index contributed by atoms with van der Waals surface area (Å²) in [6.07, 6.45) is 2.76. The van der Waals surface area contributed by atoms with Gasteiger partial charge in [0.05, 0.1) is 11.9 Å². The molecule has 1 aromatic carbocycles. The molecule has 0 amide bonds. The maximum atomic E-state index is 12.1. The Bertz CT molecular complexity index is 684. The van der Waals surface area contributed by atoms with Crippen molar-refractivity contribution in [2.75, 3.05) is 4.72 Å². The Hall–Kier alpha value is -0.610. The number of anilines is 1. The van der Waals surface area contributed by atoms with E-state index in [0.29, 0.717) is 10.2 Å². The van der Waals surface area contributed by atoms with Crippen molar-refractivity contribution in [3.8, 4) is 0 Å². The van der Waals surface area contributed by atoms with Crippen LogP contribution in [0.4, 0.5) is 5.69 Å². The number of benzene rings is 1. The second-order valence-electron chi connectivity index (χ2n) is 3.58. The summed E-state index contributed by atoms with van der Waals surface area (Å²) >= 11 is 5.48. The van der Waals surface area contributed by atoms with Crippen molar-refractivity contribution in [3.05, 3.63) is 38.6 Å². The predicted octanol–water partition coefficient (Wildman–Crippen LogP) is 2.59. The van der Waals surface area contributed by atoms with E-state index in [4.69, 9.17) is 0 Å². The lowest BCUT2D eigenvalue weighted by atomic mass is 10.3. The van der Waals surface area contributed by atoms with Gasteiger partial charge in [0.25, 0.3) is 10.0 Å². The van der Waals surface area contributed by atoms with Crippen molar-refractivity contribution in [1.82, 2.24) is 9.78 Å². The predicted molar refractivity (Wildman–Crippen MR) is 80.9 cm³/mol. The monoisotopic (exact) mass is 441 g/mol. The van der Waals surface area contributed by atoms with Gasteiger partial charge in [0.2, 0.25) is 0 Å². The first-order valence-electron chi connectivity index (χ1n) is 4.85. The first-order chi connectivity index (χ1) is 8.38. The highest BCUT2D eigenvalue weighted by Gasteiger charge is 2.17. The minimum Gasteiger partial charge on any atom is -0.278 e. The van der Waals surface area contributed by atoms with Gasteiger partial charge in [-0.15, -0.1) is 0 Å². The van der Waals surface area contributed by atoms with Gasteiger partial charge in [0, 0.05) is 21.3 Å². The number of nitrogens with one attached hydrogen (secondary N) is 1.